The summed E-state index contributed by atoms with van der Waals surface area (Å²) in [6.45, 7) is 0. The standard InChI is InChI=1S/C7H10NO5/c8-5(9)3-1-2-4(6(10)11)7(12)13/h4,8H,1-3H2,(H,10,11)(H,12,13). The third kappa shape index (κ3) is 4.78. The van der Waals surface area contributed by atoms with Crippen molar-refractivity contribution in [3.63, 3.8) is 0 Å². The molecule has 6 nitrogen and oxygen atoms in total. The van der Waals surface area contributed by atoms with Crippen molar-refractivity contribution >= 4 is 17.8 Å². The second-order valence-corrected chi connectivity index (χ2v) is 2.54. The van der Waals surface area contributed by atoms with Crippen molar-refractivity contribution in [3.05, 3.63) is 0 Å². The fourth-order valence-corrected chi connectivity index (χ4v) is 0.819. The normalized spacial score (nSPS) is 9.92. The van der Waals surface area contributed by atoms with Gasteiger partial charge < -0.3 is 10.2 Å². The Labute approximate surface area is 74.3 Å². The first kappa shape index (κ1) is 11.4. The molecule has 0 saturated heterocycles. The molecule has 3 N–H and O–H groups in total. The molecule has 0 aromatic heterocycles. The van der Waals surface area contributed by atoms with Crippen LogP contribution in [0.4, 0.5) is 0 Å². The Kier molecular flexibility index (Phi) is 4.50. The van der Waals surface area contributed by atoms with E-state index in [-0.39, 0.29) is 19.3 Å². The maximum Gasteiger partial charge on any atom is 0.317 e. The van der Waals surface area contributed by atoms with Crippen LogP contribution in [-0.4, -0.2) is 28.1 Å². The van der Waals surface area contributed by atoms with Gasteiger partial charge in [-0.25, -0.2) is 0 Å². The molecular weight excluding hydrogens is 178 g/mol. The number of hydrogen-bond acceptors (Lipinski definition) is 3. The minimum atomic E-state index is -1.47. The van der Waals surface area contributed by atoms with E-state index in [4.69, 9.17) is 15.9 Å². The summed E-state index contributed by atoms with van der Waals surface area (Å²) in [6.07, 6.45) is -0.0993. The molecule has 0 heterocycles. The average molecular weight is 188 g/mol. The van der Waals surface area contributed by atoms with Crippen LogP contribution in [0.2, 0.25) is 0 Å². The van der Waals surface area contributed by atoms with E-state index in [0.29, 0.717) is 0 Å². The second-order valence-electron chi connectivity index (χ2n) is 2.54. The van der Waals surface area contributed by atoms with Crippen LogP contribution < -0.4 is 5.73 Å². The quantitative estimate of drug-likeness (QED) is 0.557. The minimum Gasteiger partial charge on any atom is -0.481 e. The van der Waals surface area contributed by atoms with Gasteiger partial charge in [-0.2, -0.15) is 0 Å². The molecule has 0 rings (SSSR count). The molecule has 0 aliphatic carbocycles. The first-order valence-corrected chi connectivity index (χ1v) is 3.65. The zero-order chi connectivity index (χ0) is 10.4. The van der Waals surface area contributed by atoms with E-state index in [1.165, 1.54) is 0 Å². The molecule has 0 aromatic rings. The minimum absolute atomic E-state index is 0.100. The van der Waals surface area contributed by atoms with Crippen LogP contribution in [-0.2, 0) is 14.4 Å². The molecule has 0 spiro atoms. The van der Waals surface area contributed by atoms with Gasteiger partial charge in [-0.1, -0.05) is 0 Å². The second kappa shape index (κ2) is 5.13. The van der Waals surface area contributed by atoms with Gasteiger partial charge in [-0.05, 0) is 12.8 Å². The number of aliphatic carboxylic acids is 2. The highest BCUT2D eigenvalue weighted by atomic mass is 16.4. The third-order valence-corrected chi connectivity index (χ3v) is 1.49. The highest BCUT2D eigenvalue weighted by Crippen LogP contribution is 2.08. The zero-order valence-corrected chi connectivity index (χ0v) is 6.82. The maximum absolute atomic E-state index is 10.3. The number of hydrogen-bond donors (Lipinski definition) is 2. The molecule has 0 aliphatic rings. The lowest BCUT2D eigenvalue weighted by Crippen LogP contribution is -2.23. The predicted octanol–water partition coefficient (Wildman–Crippen LogP) is -0.248. The molecule has 0 saturated carbocycles. The summed E-state index contributed by atoms with van der Waals surface area (Å²) in [5, 5.41) is 16.8. The molecule has 0 bridgehead atoms. The topological polar surface area (TPSA) is 115 Å². The number of nitrogens with one attached hydrogen (secondary N) is 1. The van der Waals surface area contributed by atoms with Gasteiger partial charge in [0.05, 0.1) is 0 Å². The summed E-state index contributed by atoms with van der Waals surface area (Å²) < 4.78 is 0. The van der Waals surface area contributed by atoms with E-state index in [2.05, 4.69) is 0 Å². The lowest BCUT2D eigenvalue weighted by molar-refractivity contribution is -0.155. The van der Waals surface area contributed by atoms with Crippen LogP contribution >= 0.6 is 0 Å². The van der Waals surface area contributed by atoms with Crippen LogP contribution in [0.1, 0.15) is 19.3 Å². The first-order valence-electron chi connectivity index (χ1n) is 3.65. The lowest BCUT2D eigenvalue weighted by atomic mass is 10.0. The fourth-order valence-electron chi connectivity index (χ4n) is 0.819. The third-order valence-electron chi connectivity index (χ3n) is 1.49. The molecular formula is C7H10NO5. The Hall–Kier alpha value is -1.59. The summed E-state index contributed by atoms with van der Waals surface area (Å²) in [4.78, 5) is 30.7. The van der Waals surface area contributed by atoms with Gasteiger partial charge in [0, 0.05) is 6.42 Å². The van der Waals surface area contributed by atoms with E-state index in [0.717, 1.165) is 0 Å². The predicted molar refractivity (Wildman–Crippen MR) is 40.7 cm³/mol. The van der Waals surface area contributed by atoms with Crippen LogP contribution in [0.25, 0.3) is 0 Å². The van der Waals surface area contributed by atoms with Gasteiger partial charge in [0.25, 0.3) is 0 Å². The van der Waals surface area contributed by atoms with E-state index in [9.17, 15) is 14.4 Å². The zero-order valence-electron chi connectivity index (χ0n) is 6.82. The molecule has 0 aromatic carbocycles. The summed E-state index contributed by atoms with van der Waals surface area (Å²) >= 11 is 0. The molecule has 0 unspecified atom stereocenters. The molecule has 73 valence electrons. The van der Waals surface area contributed by atoms with Crippen molar-refractivity contribution in [1.82, 2.24) is 5.73 Å². The number of carboxylic acids is 2. The van der Waals surface area contributed by atoms with Gasteiger partial charge in [0.2, 0.25) is 5.91 Å². The Morgan fingerprint density at radius 2 is 1.62 bits per heavy atom. The summed E-state index contributed by atoms with van der Waals surface area (Å²) in [5.41, 5.74) is 6.50. The van der Waals surface area contributed by atoms with Crippen LogP contribution in [0.3, 0.4) is 0 Å². The smallest absolute Gasteiger partial charge is 0.317 e. The van der Waals surface area contributed by atoms with Crippen molar-refractivity contribution in [1.29, 1.82) is 0 Å². The first-order chi connectivity index (χ1) is 5.95. The van der Waals surface area contributed by atoms with Crippen LogP contribution in [0, 0.1) is 5.92 Å². The van der Waals surface area contributed by atoms with Gasteiger partial charge in [-0.3, -0.25) is 20.1 Å². The molecule has 0 fully saturated rings. The van der Waals surface area contributed by atoms with E-state index < -0.39 is 23.8 Å². The fraction of sp³-hybridized carbons (Fsp3) is 0.571. The highest BCUT2D eigenvalue weighted by Gasteiger charge is 2.24. The van der Waals surface area contributed by atoms with Crippen molar-refractivity contribution < 1.29 is 24.6 Å². The number of amides is 1. The summed E-state index contributed by atoms with van der Waals surface area (Å²) in [5.74, 6) is -5.11. The Balaban J connectivity index is 3.91. The summed E-state index contributed by atoms with van der Waals surface area (Å²) in [6, 6.07) is 0. The maximum atomic E-state index is 10.3. The van der Waals surface area contributed by atoms with Gasteiger partial charge in [0.15, 0.2) is 5.92 Å². The molecule has 6 heteroatoms. The van der Waals surface area contributed by atoms with Crippen LogP contribution in [0.5, 0.6) is 0 Å². The average Bonchev–Trinajstić information content (AvgIpc) is 1.95. The Bertz CT molecular complexity index is 211. The Morgan fingerprint density at radius 1 is 1.15 bits per heavy atom. The van der Waals surface area contributed by atoms with Gasteiger partial charge in [0.1, 0.15) is 0 Å². The van der Waals surface area contributed by atoms with Crippen molar-refractivity contribution in [2.75, 3.05) is 0 Å². The SMILES string of the molecule is [NH]C(=O)CCCC(C(=O)O)C(=O)O. The number of carbonyl (C=O) groups excluding carboxylic acids is 1. The van der Waals surface area contributed by atoms with E-state index in [1.807, 2.05) is 0 Å². The largest absolute Gasteiger partial charge is 0.481 e. The van der Waals surface area contributed by atoms with Crippen molar-refractivity contribution in [2.24, 2.45) is 5.92 Å². The molecule has 13 heavy (non-hydrogen) atoms. The highest BCUT2D eigenvalue weighted by molar-refractivity contribution is 5.92. The van der Waals surface area contributed by atoms with Crippen molar-refractivity contribution in [2.45, 2.75) is 19.3 Å². The lowest BCUT2D eigenvalue weighted by Gasteiger charge is -2.04. The number of rotatable bonds is 6. The monoisotopic (exact) mass is 188 g/mol. The van der Waals surface area contributed by atoms with Gasteiger partial charge in [-0.15, -0.1) is 0 Å². The summed E-state index contributed by atoms with van der Waals surface area (Å²) in [7, 11) is 0. The van der Waals surface area contributed by atoms with Crippen molar-refractivity contribution in [3.8, 4) is 0 Å². The number of carbonyl (C=O) groups is 3. The van der Waals surface area contributed by atoms with E-state index in [1.54, 1.807) is 0 Å². The number of carboxylic acid groups (broad SMARTS) is 2. The van der Waals surface area contributed by atoms with E-state index >= 15 is 0 Å². The van der Waals surface area contributed by atoms with Crippen LogP contribution in [0.15, 0.2) is 0 Å². The molecule has 1 amide bonds. The molecule has 1 radical (unpaired) electrons. The molecule has 0 atom stereocenters. The Morgan fingerprint density at radius 3 is 1.92 bits per heavy atom. The van der Waals surface area contributed by atoms with Gasteiger partial charge >= 0.3 is 11.9 Å². The molecule has 0 aliphatic heterocycles.